The molecule has 0 fully saturated rings. The van der Waals surface area contributed by atoms with Crippen LogP contribution in [0.1, 0.15) is 35.8 Å². The van der Waals surface area contributed by atoms with Crippen LogP contribution in [0.25, 0.3) is 0 Å². The number of benzene rings is 3. The molecule has 0 saturated heterocycles. The molecule has 0 radical (unpaired) electrons. The summed E-state index contributed by atoms with van der Waals surface area (Å²) in [4.78, 5) is 39.3. The van der Waals surface area contributed by atoms with E-state index in [-0.39, 0.29) is 22.7 Å². The molecule has 2 N–H and O–H groups in total. The molecule has 4 rings (SSSR count). The zero-order valence-corrected chi connectivity index (χ0v) is 20.0. The van der Waals surface area contributed by atoms with E-state index in [1.54, 1.807) is 48.5 Å². The highest BCUT2D eigenvalue weighted by molar-refractivity contribution is 6.53. The van der Waals surface area contributed by atoms with Crippen molar-refractivity contribution in [2.24, 2.45) is 0 Å². The SMILES string of the molecule is CCOc1ccc(N2C(=O)C(Cl)=C(Nc3ccc(C(=O)NC(C)c4ccccc4)cc3)C2=O)cc1. The van der Waals surface area contributed by atoms with Gasteiger partial charge in [0.1, 0.15) is 16.5 Å². The van der Waals surface area contributed by atoms with Crippen LogP contribution in [-0.2, 0) is 9.59 Å². The van der Waals surface area contributed by atoms with Crippen LogP contribution in [-0.4, -0.2) is 24.3 Å². The second kappa shape index (κ2) is 10.4. The predicted octanol–water partition coefficient (Wildman–Crippen LogP) is 5.01. The number of imide groups is 1. The van der Waals surface area contributed by atoms with Gasteiger partial charge in [-0.05, 0) is 67.9 Å². The minimum absolute atomic E-state index is 0.0274. The zero-order chi connectivity index (χ0) is 24.9. The van der Waals surface area contributed by atoms with Gasteiger partial charge in [0.25, 0.3) is 17.7 Å². The maximum atomic E-state index is 13.0. The maximum Gasteiger partial charge on any atom is 0.283 e. The maximum absolute atomic E-state index is 13.0. The molecule has 3 amide bonds. The van der Waals surface area contributed by atoms with Gasteiger partial charge < -0.3 is 15.4 Å². The first-order chi connectivity index (χ1) is 16.9. The first-order valence-corrected chi connectivity index (χ1v) is 11.5. The van der Waals surface area contributed by atoms with Gasteiger partial charge in [0, 0.05) is 11.3 Å². The fourth-order valence-electron chi connectivity index (χ4n) is 3.66. The largest absolute Gasteiger partial charge is 0.494 e. The summed E-state index contributed by atoms with van der Waals surface area (Å²) in [6.45, 7) is 4.29. The van der Waals surface area contributed by atoms with Gasteiger partial charge in [-0.1, -0.05) is 41.9 Å². The molecule has 7 nitrogen and oxygen atoms in total. The molecule has 8 heteroatoms. The molecule has 0 spiro atoms. The van der Waals surface area contributed by atoms with Crippen molar-refractivity contribution in [3.05, 3.63) is 101 Å². The highest BCUT2D eigenvalue weighted by Gasteiger charge is 2.39. The molecule has 0 bridgehead atoms. The molecule has 178 valence electrons. The smallest absolute Gasteiger partial charge is 0.283 e. The van der Waals surface area contributed by atoms with Crippen LogP contribution in [0.3, 0.4) is 0 Å². The Morgan fingerprint density at radius 2 is 1.60 bits per heavy atom. The Morgan fingerprint density at radius 1 is 0.943 bits per heavy atom. The lowest BCUT2D eigenvalue weighted by Gasteiger charge is -2.16. The summed E-state index contributed by atoms with van der Waals surface area (Å²) in [5.41, 5.74) is 2.34. The van der Waals surface area contributed by atoms with E-state index >= 15 is 0 Å². The van der Waals surface area contributed by atoms with Crippen LogP contribution in [0.4, 0.5) is 11.4 Å². The summed E-state index contributed by atoms with van der Waals surface area (Å²) in [7, 11) is 0. The number of nitrogens with one attached hydrogen (secondary N) is 2. The highest BCUT2D eigenvalue weighted by Crippen LogP contribution is 2.31. The molecule has 1 atom stereocenters. The average Bonchev–Trinajstić information content (AvgIpc) is 3.08. The Kier molecular flexibility index (Phi) is 7.17. The fourth-order valence-corrected chi connectivity index (χ4v) is 3.87. The Hall–Kier alpha value is -4.10. The number of halogens is 1. The van der Waals surface area contributed by atoms with E-state index in [1.807, 2.05) is 44.2 Å². The van der Waals surface area contributed by atoms with Crippen molar-refractivity contribution < 1.29 is 19.1 Å². The van der Waals surface area contributed by atoms with Crippen LogP contribution >= 0.6 is 11.6 Å². The molecule has 0 aliphatic carbocycles. The Balaban J connectivity index is 1.43. The molecule has 1 unspecified atom stereocenters. The summed E-state index contributed by atoms with van der Waals surface area (Å²) in [5, 5.41) is 5.66. The number of rotatable bonds is 8. The van der Waals surface area contributed by atoms with Gasteiger partial charge in [-0.15, -0.1) is 0 Å². The summed E-state index contributed by atoms with van der Waals surface area (Å²) >= 11 is 6.21. The quantitative estimate of drug-likeness (QED) is 0.434. The number of ether oxygens (including phenoxy) is 1. The Bertz CT molecular complexity index is 1270. The average molecular weight is 490 g/mol. The van der Waals surface area contributed by atoms with E-state index < -0.39 is 11.8 Å². The molecular formula is C27H24ClN3O4. The number of hydrogen-bond donors (Lipinski definition) is 2. The van der Waals surface area contributed by atoms with Gasteiger partial charge in [0.15, 0.2) is 0 Å². The van der Waals surface area contributed by atoms with Crippen molar-refractivity contribution in [1.82, 2.24) is 5.32 Å². The Morgan fingerprint density at radius 3 is 2.23 bits per heavy atom. The predicted molar refractivity (Wildman–Crippen MR) is 135 cm³/mol. The second-order valence-electron chi connectivity index (χ2n) is 7.87. The van der Waals surface area contributed by atoms with Crippen molar-refractivity contribution in [2.45, 2.75) is 19.9 Å². The first kappa shape index (κ1) is 24.0. The third-order valence-corrected chi connectivity index (χ3v) is 5.85. The summed E-state index contributed by atoms with van der Waals surface area (Å²) in [6, 6.07) is 22.7. The van der Waals surface area contributed by atoms with Crippen molar-refractivity contribution in [2.75, 3.05) is 16.8 Å². The molecule has 35 heavy (non-hydrogen) atoms. The molecule has 0 aromatic heterocycles. The number of carbonyl (C=O) groups is 3. The molecule has 1 heterocycles. The number of amides is 3. The van der Waals surface area contributed by atoms with Crippen LogP contribution in [0.2, 0.25) is 0 Å². The lowest BCUT2D eigenvalue weighted by Crippen LogP contribution is -2.32. The summed E-state index contributed by atoms with van der Waals surface area (Å²) < 4.78 is 5.40. The van der Waals surface area contributed by atoms with Crippen LogP contribution < -0.4 is 20.3 Å². The number of nitrogens with zero attached hydrogens (tertiary/aromatic N) is 1. The number of hydrogen-bond acceptors (Lipinski definition) is 5. The van der Waals surface area contributed by atoms with E-state index in [4.69, 9.17) is 16.3 Å². The van der Waals surface area contributed by atoms with E-state index in [0.29, 0.717) is 29.3 Å². The van der Waals surface area contributed by atoms with Gasteiger partial charge in [0.05, 0.1) is 18.3 Å². The minimum Gasteiger partial charge on any atom is -0.494 e. The molecule has 0 saturated carbocycles. The van der Waals surface area contributed by atoms with E-state index in [0.717, 1.165) is 10.5 Å². The van der Waals surface area contributed by atoms with Crippen LogP contribution in [0, 0.1) is 0 Å². The second-order valence-corrected chi connectivity index (χ2v) is 8.25. The number of carbonyl (C=O) groups excluding carboxylic acids is 3. The minimum atomic E-state index is -0.616. The lowest BCUT2D eigenvalue weighted by molar-refractivity contribution is -0.120. The molecule has 1 aliphatic rings. The topological polar surface area (TPSA) is 87.7 Å². The van der Waals surface area contributed by atoms with E-state index in [9.17, 15) is 14.4 Å². The van der Waals surface area contributed by atoms with Crippen LogP contribution in [0.15, 0.2) is 89.6 Å². The van der Waals surface area contributed by atoms with Gasteiger partial charge in [0.2, 0.25) is 0 Å². The van der Waals surface area contributed by atoms with Gasteiger partial charge >= 0.3 is 0 Å². The van der Waals surface area contributed by atoms with E-state index in [1.165, 1.54) is 0 Å². The zero-order valence-electron chi connectivity index (χ0n) is 19.2. The number of anilines is 2. The van der Waals surface area contributed by atoms with Crippen molar-refractivity contribution in [3.63, 3.8) is 0 Å². The summed E-state index contributed by atoms with van der Waals surface area (Å²) in [5.74, 6) is -0.772. The molecule has 1 aliphatic heterocycles. The fraction of sp³-hybridized carbons (Fsp3) is 0.148. The standard InChI is InChI=1S/C27H24ClN3O4/c1-3-35-22-15-13-21(14-16-22)31-26(33)23(28)24(27(31)34)30-20-11-9-19(10-12-20)25(32)29-17(2)18-7-5-4-6-8-18/h4-17,30H,3H2,1-2H3,(H,29,32). The highest BCUT2D eigenvalue weighted by atomic mass is 35.5. The monoisotopic (exact) mass is 489 g/mol. The molecular weight excluding hydrogens is 466 g/mol. The lowest BCUT2D eigenvalue weighted by atomic mass is 10.1. The van der Waals surface area contributed by atoms with Gasteiger partial charge in [-0.2, -0.15) is 0 Å². The normalized spacial score (nSPS) is 14.2. The van der Waals surface area contributed by atoms with Gasteiger partial charge in [-0.25, -0.2) is 4.90 Å². The third kappa shape index (κ3) is 5.20. The Labute approximate surface area is 208 Å². The van der Waals surface area contributed by atoms with Crippen molar-refractivity contribution in [3.8, 4) is 5.75 Å². The molecule has 3 aromatic carbocycles. The van der Waals surface area contributed by atoms with Crippen LogP contribution in [0.5, 0.6) is 5.75 Å². The van der Waals surface area contributed by atoms with Crippen molar-refractivity contribution in [1.29, 1.82) is 0 Å². The summed E-state index contributed by atoms with van der Waals surface area (Å²) in [6.07, 6.45) is 0. The first-order valence-electron chi connectivity index (χ1n) is 11.1. The van der Waals surface area contributed by atoms with Gasteiger partial charge in [-0.3, -0.25) is 14.4 Å². The van der Waals surface area contributed by atoms with E-state index in [2.05, 4.69) is 10.6 Å². The van der Waals surface area contributed by atoms with Crippen molar-refractivity contribution >= 4 is 40.7 Å². The molecule has 3 aromatic rings. The third-order valence-electron chi connectivity index (χ3n) is 5.50.